The van der Waals surface area contributed by atoms with Gasteiger partial charge in [-0.2, -0.15) is 0 Å². The van der Waals surface area contributed by atoms with Crippen LogP contribution in [0.25, 0.3) is 0 Å². The summed E-state index contributed by atoms with van der Waals surface area (Å²) in [5, 5.41) is 46.3. The third kappa shape index (κ3) is 10.5. The molecule has 332 valence electrons. The number of aliphatic hydroxyl groups excluding tert-OH is 3. The van der Waals surface area contributed by atoms with Crippen molar-refractivity contribution in [2.24, 2.45) is 23.7 Å². The van der Waals surface area contributed by atoms with E-state index in [1.807, 2.05) is 33.0 Å². The van der Waals surface area contributed by atoms with Gasteiger partial charge >= 0.3 is 5.97 Å². The summed E-state index contributed by atoms with van der Waals surface area (Å²) in [6.45, 7) is 17.6. The second-order valence-electron chi connectivity index (χ2n) is 17.9. The van der Waals surface area contributed by atoms with E-state index in [1.54, 1.807) is 60.9 Å². The average molecular weight is 825 g/mol. The van der Waals surface area contributed by atoms with Gasteiger partial charge in [-0.1, -0.05) is 27.7 Å². The number of aromatic nitrogens is 1. The monoisotopic (exact) mass is 825 g/mol. The Labute approximate surface area is 345 Å². The third-order valence-corrected chi connectivity index (χ3v) is 13.4. The molecule has 15 nitrogen and oxygen atoms in total. The summed E-state index contributed by atoms with van der Waals surface area (Å²) in [4.78, 5) is 34.6. The number of hydrogen-bond acceptors (Lipinski definition) is 15. The van der Waals surface area contributed by atoms with Crippen molar-refractivity contribution in [3.63, 3.8) is 0 Å². The molecule has 3 aliphatic heterocycles. The highest BCUT2D eigenvalue weighted by Gasteiger charge is 2.54. The van der Waals surface area contributed by atoms with Crippen LogP contribution < -0.4 is 0 Å². The summed E-state index contributed by atoms with van der Waals surface area (Å²) >= 11 is 0. The molecule has 4 N–H and O–H groups in total. The minimum Gasteiger partial charge on any atom is -0.459 e. The Hall–Kier alpha value is -2.15. The number of esters is 1. The highest BCUT2D eigenvalue weighted by Crippen LogP contribution is 2.42. The lowest BCUT2D eigenvalue weighted by Crippen LogP contribution is -2.61. The van der Waals surface area contributed by atoms with Crippen LogP contribution in [0, 0.1) is 23.7 Å². The second-order valence-corrected chi connectivity index (χ2v) is 17.9. The number of methoxy groups -OCH3 is 2. The summed E-state index contributed by atoms with van der Waals surface area (Å²) in [5.74, 6) is -4.58. The second kappa shape index (κ2) is 19.7. The molecule has 0 bridgehead atoms. The van der Waals surface area contributed by atoms with Crippen molar-refractivity contribution in [3.8, 4) is 0 Å². The van der Waals surface area contributed by atoms with Crippen molar-refractivity contribution < 1.29 is 63.2 Å². The smallest absolute Gasteiger partial charge is 0.311 e. The Bertz CT molecular complexity index is 1490. The Kier molecular flexibility index (Phi) is 16.5. The first-order chi connectivity index (χ1) is 27.0. The van der Waals surface area contributed by atoms with Crippen LogP contribution in [0.2, 0.25) is 0 Å². The number of likely N-dealkylation sites (N-methyl/N-ethyl adjacent to an activating group) is 1. The lowest BCUT2D eigenvalue weighted by molar-refractivity contribution is -0.319. The van der Waals surface area contributed by atoms with Crippen molar-refractivity contribution in [2.45, 2.75) is 186 Å². The largest absolute Gasteiger partial charge is 0.459 e. The molecular weight excluding hydrogens is 752 g/mol. The predicted molar refractivity (Wildman–Crippen MR) is 213 cm³/mol. The molecule has 4 heterocycles. The lowest BCUT2D eigenvalue weighted by Gasteiger charge is -2.50. The maximum Gasteiger partial charge on any atom is 0.311 e. The average Bonchev–Trinajstić information content (AvgIpc) is 3.19. The van der Waals surface area contributed by atoms with Crippen molar-refractivity contribution in [1.82, 2.24) is 9.88 Å². The Morgan fingerprint density at radius 2 is 1.50 bits per heavy atom. The lowest BCUT2D eigenvalue weighted by atomic mass is 9.74. The van der Waals surface area contributed by atoms with Crippen LogP contribution in [0.4, 0.5) is 0 Å². The maximum absolute atomic E-state index is 14.3. The highest BCUT2D eigenvalue weighted by molar-refractivity contribution is 5.83. The number of aliphatic hydroxyl groups is 4. The Balaban J connectivity index is 1.83. The van der Waals surface area contributed by atoms with Crippen molar-refractivity contribution in [1.29, 1.82) is 0 Å². The summed E-state index contributed by atoms with van der Waals surface area (Å²) < 4.78 is 44.4. The first-order valence-corrected chi connectivity index (χ1v) is 20.9. The number of carbonyl (C=O) groups is 2. The molecule has 4 rings (SSSR count). The number of hydrogen-bond donors (Lipinski definition) is 4. The number of nitrogens with zero attached hydrogens (tertiary/aromatic N) is 2. The van der Waals surface area contributed by atoms with Crippen LogP contribution in [0.5, 0.6) is 0 Å². The molecule has 1 aromatic rings. The first kappa shape index (κ1) is 48.5. The summed E-state index contributed by atoms with van der Waals surface area (Å²) in [6, 6.07) is 3.47. The van der Waals surface area contributed by atoms with Crippen molar-refractivity contribution in [2.75, 3.05) is 21.3 Å². The molecule has 15 heteroatoms. The van der Waals surface area contributed by atoms with E-state index in [9.17, 15) is 30.0 Å². The third-order valence-electron chi connectivity index (χ3n) is 13.4. The SMILES string of the molecule is CC[C@H]1OC(=O)[C@H](C)[C@@H](O[C@H]2C[C@@](C)(OC)[C@@H](O)[C@H](C)O2)[C@H](C)[C@@H](O[C@@H]2O[C@H](C)C[C@H](N(C)Cc3ccncc3)[C@H]2O)[C@@](C)(OC)C[C@@H](C)C(=O)[C@H](C)[C@@H](O)[C@]1(C)O. The fraction of sp³-hybridized carbons (Fsp3) is 0.837. The number of Topliss-reactive ketones (excluding diaryl/α,β-unsaturated/α-hetero) is 1. The summed E-state index contributed by atoms with van der Waals surface area (Å²) in [6.07, 6.45) is -5.71. The van der Waals surface area contributed by atoms with Crippen LogP contribution in [0.3, 0.4) is 0 Å². The zero-order valence-electron chi connectivity index (χ0n) is 36.9. The highest BCUT2D eigenvalue weighted by atomic mass is 16.7. The van der Waals surface area contributed by atoms with Gasteiger partial charge in [0.15, 0.2) is 12.6 Å². The Morgan fingerprint density at radius 3 is 2.09 bits per heavy atom. The van der Waals surface area contributed by atoms with Gasteiger partial charge in [0.05, 0.1) is 47.6 Å². The van der Waals surface area contributed by atoms with Gasteiger partial charge in [0.25, 0.3) is 0 Å². The van der Waals surface area contributed by atoms with E-state index >= 15 is 0 Å². The van der Waals surface area contributed by atoms with Gasteiger partial charge in [0.2, 0.25) is 0 Å². The predicted octanol–water partition coefficient (Wildman–Crippen LogP) is 3.41. The van der Waals surface area contributed by atoms with E-state index < -0.39 is 102 Å². The topological polar surface area (TPSA) is 196 Å². The van der Waals surface area contributed by atoms with Crippen molar-refractivity contribution in [3.05, 3.63) is 30.1 Å². The van der Waals surface area contributed by atoms with E-state index in [0.29, 0.717) is 13.0 Å². The molecule has 3 aliphatic rings. The molecule has 0 aromatic carbocycles. The molecule has 18 atom stereocenters. The molecule has 0 saturated carbocycles. The van der Waals surface area contributed by atoms with E-state index in [-0.39, 0.29) is 37.2 Å². The van der Waals surface area contributed by atoms with Gasteiger partial charge in [0, 0.05) is 63.4 Å². The summed E-state index contributed by atoms with van der Waals surface area (Å²) in [7, 11) is 4.95. The molecule has 3 fully saturated rings. The number of ether oxygens (including phenoxy) is 7. The zero-order valence-corrected chi connectivity index (χ0v) is 36.9. The molecule has 0 aliphatic carbocycles. The van der Waals surface area contributed by atoms with Gasteiger partial charge in [-0.05, 0) is 85.5 Å². The number of ketones is 1. The van der Waals surface area contributed by atoms with E-state index in [2.05, 4.69) is 9.88 Å². The number of pyridine rings is 1. The van der Waals surface area contributed by atoms with Crippen LogP contribution in [0.1, 0.15) is 100 Å². The van der Waals surface area contributed by atoms with Gasteiger partial charge in [-0.15, -0.1) is 0 Å². The minimum absolute atomic E-state index is 0.0912. The fourth-order valence-corrected chi connectivity index (χ4v) is 9.40. The standard InChI is InChI=1S/C43H72N2O13/c1-14-31-43(10,51)36(48)25(4)33(46)23(2)20-42(9,53-13)38(58-40-34(47)30(19-24(3)54-40)45(11)22-29-15-17-44-18-16-29)26(5)35(27(6)39(50)56-31)57-32-21-41(8,52-12)37(49)28(7)55-32/h15-18,23-28,30-32,34-38,40,47-49,51H,14,19-22H2,1-13H3/t23-,24-,25+,26+,27-,28+,30+,31-,32+,34-,35+,36-,37+,38-,40+,41-,42+,43-/m1/s1. The van der Waals surface area contributed by atoms with Gasteiger partial charge in [-0.3, -0.25) is 19.5 Å². The molecule has 0 amide bonds. The first-order valence-electron chi connectivity index (χ1n) is 20.9. The van der Waals surface area contributed by atoms with Gasteiger partial charge in [0.1, 0.15) is 29.7 Å². The van der Waals surface area contributed by atoms with E-state index in [1.165, 1.54) is 21.1 Å². The summed E-state index contributed by atoms with van der Waals surface area (Å²) in [5.41, 5.74) is -3.29. The van der Waals surface area contributed by atoms with Gasteiger partial charge < -0.3 is 53.6 Å². The van der Waals surface area contributed by atoms with Crippen LogP contribution in [-0.4, -0.2) is 148 Å². The quantitative estimate of drug-likeness (QED) is 0.251. The molecule has 0 spiro atoms. The Morgan fingerprint density at radius 1 is 0.879 bits per heavy atom. The van der Waals surface area contributed by atoms with Crippen LogP contribution in [0.15, 0.2) is 24.5 Å². The van der Waals surface area contributed by atoms with E-state index in [4.69, 9.17) is 33.2 Å². The van der Waals surface area contributed by atoms with Crippen molar-refractivity contribution >= 4 is 11.8 Å². The number of carbonyl (C=O) groups excluding carboxylic acids is 2. The molecule has 0 radical (unpaired) electrons. The van der Waals surface area contributed by atoms with Crippen LogP contribution >= 0.6 is 0 Å². The van der Waals surface area contributed by atoms with Crippen LogP contribution in [-0.2, 0) is 49.3 Å². The molecule has 1 aromatic heterocycles. The van der Waals surface area contributed by atoms with Gasteiger partial charge in [-0.25, -0.2) is 0 Å². The number of cyclic esters (lactones) is 1. The maximum atomic E-state index is 14.3. The zero-order chi connectivity index (χ0) is 43.5. The molecule has 58 heavy (non-hydrogen) atoms. The normalized spacial score (nSPS) is 45.1. The fourth-order valence-electron chi connectivity index (χ4n) is 9.40. The molecule has 0 unspecified atom stereocenters. The molecular formula is C43H72N2O13. The van der Waals surface area contributed by atoms with E-state index in [0.717, 1.165) is 5.56 Å². The number of rotatable bonds is 10. The molecule has 3 saturated heterocycles. The minimum atomic E-state index is -1.98.